The first kappa shape index (κ1) is 22.5. The highest BCUT2D eigenvalue weighted by Crippen LogP contribution is 2.11. The minimum Gasteiger partial charge on any atom is -0.450 e. The van der Waals surface area contributed by atoms with Crippen molar-refractivity contribution in [1.29, 1.82) is 0 Å². The molecule has 0 atom stereocenters. The molecule has 1 aromatic heterocycles. The summed E-state index contributed by atoms with van der Waals surface area (Å²) in [5, 5.41) is 11.0. The summed E-state index contributed by atoms with van der Waals surface area (Å²) in [6.07, 6.45) is 5.44. The first-order valence-corrected chi connectivity index (χ1v) is 9.08. The number of aliphatic imine (C=N–C) groups is 1. The minimum atomic E-state index is -0.212. The monoisotopic (exact) mass is 478 g/mol. The Morgan fingerprint density at radius 2 is 2.12 bits per heavy atom. The number of nitrogens with one attached hydrogen (secondary N) is 2. The van der Waals surface area contributed by atoms with E-state index in [0.29, 0.717) is 32.3 Å². The highest BCUT2D eigenvalue weighted by molar-refractivity contribution is 14.0. The maximum Gasteiger partial charge on any atom is 0.409 e. The smallest absolute Gasteiger partial charge is 0.409 e. The van der Waals surface area contributed by atoms with Crippen LogP contribution in [0.15, 0.2) is 17.4 Å². The van der Waals surface area contributed by atoms with Crippen LogP contribution in [0.25, 0.3) is 0 Å². The van der Waals surface area contributed by atoms with Gasteiger partial charge in [0, 0.05) is 31.9 Å². The lowest BCUT2D eigenvalue weighted by Gasteiger charge is -2.32. The predicted molar refractivity (Wildman–Crippen MR) is 113 cm³/mol. The Labute approximate surface area is 172 Å². The number of nitrogens with zero attached hydrogens (tertiary/aromatic N) is 4. The van der Waals surface area contributed by atoms with Gasteiger partial charge in [-0.15, -0.1) is 24.0 Å². The highest BCUT2D eigenvalue weighted by Gasteiger charge is 2.23. The molecule has 26 heavy (non-hydrogen) atoms. The van der Waals surface area contributed by atoms with Crippen LogP contribution in [-0.2, 0) is 11.3 Å². The molecule has 1 aromatic rings. The van der Waals surface area contributed by atoms with Gasteiger partial charge in [0.25, 0.3) is 0 Å². The van der Waals surface area contributed by atoms with E-state index in [1.54, 1.807) is 4.90 Å². The van der Waals surface area contributed by atoms with Crippen LogP contribution in [0.1, 0.15) is 32.3 Å². The second kappa shape index (κ2) is 12.0. The van der Waals surface area contributed by atoms with E-state index in [0.717, 1.165) is 37.5 Å². The lowest BCUT2D eigenvalue weighted by molar-refractivity contribution is 0.0963. The van der Waals surface area contributed by atoms with Gasteiger partial charge in [0.1, 0.15) is 0 Å². The number of rotatable bonds is 6. The van der Waals surface area contributed by atoms with Gasteiger partial charge < -0.3 is 20.3 Å². The lowest BCUT2D eigenvalue weighted by atomic mass is 10.1. The number of carbonyl (C=O) groups excluding carboxylic acids is 1. The third-order valence-electron chi connectivity index (χ3n) is 4.07. The molecule has 2 rings (SSSR count). The average molecular weight is 478 g/mol. The van der Waals surface area contributed by atoms with Crippen LogP contribution < -0.4 is 10.6 Å². The Balaban J connectivity index is 0.00000338. The summed E-state index contributed by atoms with van der Waals surface area (Å²) in [4.78, 5) is 18.1. The maximum absolute atomic E-state index is 11.7. The minimum absolute atomic E-state index is 0. The molecule has 1 aliphatic heterocycles. The van der Waals surface area contributed by atoms with E-state index in [2.05, 4.69) is 27.6 Å². The number of aryl methyl sites for hydroxylation is 1. The molecule has 0 aromatic carbocycles. The molecule has 0 saturated carbocycles. The number of piperidine rings is 1. The van der Waals surface area contributed by atoms with Gasteiger partial charge >= 0.3 is 6.09 Å². The van der Waals surface area contributed by atoms with Gasteiger partial charge in [-0.05, 0) is 39.2 Å². The Morgan fingerprint density at radius 3 is 2.69 bits per heavy atom. The molecule has 0 radical (unpaired) electrons. The normalized spacial score (nSPS) is 15.3. The second-order valence-electron chi connectivity index (χ2n) is 6.15. The van der Waals surface area contributed by atoms with E-state index in [4.69, 9.17) is 4.74 Å². The number of likely N-dealkylation sites (tertiary alicyclic amines) is 1. The number of amides is 1. The summed E-state index contributed by atoms with van der Waals surface area (Å²) in [5.41, 5.74) is 1.15. The number of carbonyl (C=O) groups is 1. The van der Waals surface area contributed by atoms with Gasteiger partial charge in [-0.2, -0.15) is 5.10 Å². The number of hydrogen-bond acceptors (Lipinski definition) is 4. The van der Waals surface area contributed by atoms with Gasteiger partial charge in [0.05, 0.1) is 25.9 Å². The Morgan fingerprint density at radius 1 is 1.38 bits per heavy atom. The first-order chi connectivity index (χ1) is 12.1. The molecule has 0 aliphatic carbocycles. The lowest BCUT2D eigenvalue weighted by Crippen LogP contribution is -2.50. The molecule has 0 bridgehead atoms. The summed E-state index contributed by atoms with van der Waals surface area (Å²) in [5.74, 6) is 0.820. The Bertz CT molecular complexity index is 569. The highest BCUT2D eigenvalue weighted by atomic mass is 127. The summed E-state index contributed by atoms with van der Waals surface area (Å²) in [6.45, 7) is 9.99. The Kier molecular flexibility index (Phi) is 10.4. The van der Waals surface area contributed by atoms with Crippen molar-refractivity contribution < 1.29 is 9.53 Å². The number of ether oxygens (including phenoxy) is 1. The molecule has 148 valence electrons. The average Bonchev–Trinajstić information content (AvgIpc) is 3.01. The van der Waals surface area contributed by atoms with Gasteiger partial charge in [0.2, 0.25) is 0 Å². The van der Waals surface area contributed by atoms with Crippen molar-refractivity contribution in [2.75, 3.05) is 32.8 Å². The van der Waals surface area contributed by atoms with E-state index in [1.165, 1.54) is 0 Å². The third kappa shape index (κ3) is 7.38. The molecule has 2 heterocycles. The molecule has 8 nitrogen and oxygen atoms in total. The van der Waals surface area contributed by atoms with Crippen LogP contribution in [0, 0.1) is 6.92 Å². The van der Waals surface area contributed by atoms with Crippen molar-refractivity contribution in [2.45, 2.75) is 46.2 Å². The molecule has 9 heteroatoms. The number of aromatic nitrogens is 2. The fourth-order valence-corrected chi connectivity index (χ4v) is 2.79. The number of halogens is 1. The molecule has 1 aliphatic rings. The standard InChI is InChI=1S/C17H30N6O2.HI/c1-4-18-16(19-8-11-23-13-14(3)12-20-23)21-15-6-9-22(10-7-15)17(24)25-5-2;/h12-13,15H,4-11H2,1-3H3,(H2,18,19,21);1H. The predicted octanol–water partition coefficient (Wildman–Crippen LogP) is 1.99. The molecule has 0 unspecified atom stereocenters. The topological polar surface area (TPSA) is 83.8 Å². The van der Waals surface area contributed by atoms with Crippen molar-refractivity contribution in [3.63, 3.8) is 0 Å². The summed E-state index contributed by atoms with van der Waals surface area (Å²) in [7, 11) is 0. The van der Waals surface area contributed by atoms with Crippen LogP contribution in [0.2, 0.25) is 0 Å². The fraction of sp³-hybridized carbons (Fsp3) is 0.706. The molecule has 1 fully saturated rings. The van der Waals surface area contributed by atoms with Gasteiger partial charge in [-0.1, -0.05) is 0 Å². The van der Waals surface area contributed by atoms with Crippen molar-refractivity contribution in [3.05, 3.63) is 18.0 Å². The largest absolute Gasteiger partial charge is 0.450 e. The second-order valence-corrected chi connectivity index (χ2v) is 6.15. The van der Waals surface area contributed by atoms with Crippen LogP contribution in [0.5, 0.6) is 0 Å². The molecule has 1 saturated heterocycles. The number of hydrogen-bond donors (Lipinski definition) is 2. The molecule has 1 amide bonds. The SMILES string of the molecule is CCNC(=NCCn1cc(C)cn1)NC1CCN(C(=O)OCC)CC1.I. The molecule has 0 spiro atoms. The summed E-state index contributed by atoms with van der Waals surface area (Å²) >= 11 is 0. The maximum atomic E-state index is 11.7. The number of guanidine groups is 1. The van der Waals surface area contributed by atoms with Crippen LogP contribution in [0.3, 0.4) is 0 Å². The quantitative estimate of drug-likeness (QED) is 0.371. The zero-order valence-electron chi connectivity index (χ0n) is 15.9. The first-order valence-electron chi connectivity index (χ1n) is 9.08. The van der Waals surface area contributed by atoms with Crippen molar-refractivity contribution in [3.8, 4) is 0 Å². The van der Waals surface area contributed by atoms with Crippen LogP contribution >= 0.6 is 24.0 Å². The van der Waals surface area contributed by atoms with E-state index in [9.17, 15) is 4.79 Å². The Hall–Kier alpha value is -1.52. The van der Waals surface area contributed by atoms with Crippen molar-refractivity contribution in [2.24, 2.45) is 4.99 Å². The zero-order chi connectivity index (χ0) is 18.1. The molecule has 2 N–H and O–H groups in total. The zero-order valence-corrected chi connectivity index (χ0v) is 18.2. The fourth-order valence-electron chi connectivity index (χ4n) is 2.79. The van der Waals surface area contributed by atoms with Crippen LogP contribution in [-0.4, -0.2) is 65.6 Å². The molecular formula is C17H31IN6O2. The van der Waals surface area contributed by atoms with Crippen molar-refractivity contribution in [1.82, 2.24) is 25.3 Å². The van der Waals surface area contributed by atoms with E-state index in [-0.39, 0.29) is 30.1 Å². The van der Waals surface area contributed by atoms with Crippen molar-refractivity contribution >= 4 is 36.0 Å². The van der Waals surface area contributed by atoms with E-state index < -0.39 is 0 Å². The van der Waals surface area contributed by atoms with E-state index in [1.807, 2.05) is 30.9 Å². The van der Waals surface area contributed by atoms with Gasteiger partial charge in [-0.3, -0.25) is 9.67 Å². The van der Waals surface area contributed by atoms with Gasteiger partial charge in [-0.25, -0.2) is 4.79 Å². The van der Waals surface area contributed by atoms with E-state index >= 15 is 0 Å². The van der Waals surface area contributed by atoms with Crippen LogP contribution in [0.4, 0.5) is 4.79 Å². The summed E-state index contributed by atoms with van der Waals surface area (Å²) in [6, 6.07) is 0.315. The molecular weight excluding hydrogens is 447 g/mol. The third-order valence-corrected chi connectivity index (χ3v) is 4.07. The van der Waals surface area contributed by atoms with Gasteiger partial charge in [0.15, 0.2) is 5.96 Å². The summed E-state index contributed by atoms with van der Waals surface area (Å²) < 4.78 is 6.96.